The van der Waals surface area contributed by atoms with Crippen LogP contribution >= 0.6 is 0 Å². The van der Waals surface area contributed by atoms with E-state index in [-0.39, 0.29) is 11.9 Å². The van der Waals surface area contributed by atoms with Crippen molar-refractivity contribution in [3.8, 4) is 0 Å². The molecule has 1 fully saturated rings. The van der Waals surface area contributed by atoms with Gasteiger partial charge < -0.3 is 9.32 Å². The molecular weight excluding hydrogens is 374 g/mol. The number of hydrogen-bond donors (Lipinski definition) is 0. The number of amides is 1. The van der Waals surface area contributed by atoms with Gasteiger partial charge in [-0.1, -0.05) is 60.2 Å². The van der Waals surface area contributed by atoms with Crippen molar-refractivity contribution in [2.75, 3.05) is 13.1 Å². The van der Waals surface area contributed by atoms with Gasteiger partial charge in [0.05, 0.1) is 6.54 Å². The minimum absolute atomic E-state index is 0.0244. The number of carbonyl (C=O) groups excluding carboxylic acids is 1. The van der Waals surface area contributed by atoms with Crippen molar-refractivity contribution in [3.63, 3.8) is 0 Å². The zero-order chi connectivity index (χ0) is 20.9. The Morgan fingerprint density at radius 1 is 1.07 bits per heavy atom. The summed E-state index contributed by atoms with van der Waals surface area (Å²) in [5.74, 6) is 0.552. The predicted molar refractivity (Wildman–Crippen MR) is 117 cm³/mol. The van der Waals surface area contributed by atoms with E-state index in [2.05, 4.69) is 72.3 Å². The van der Waals surface area contributed by atoms with Gasteiger partial charge in [0.15, 0.2) is 5.69 Å². The molecule has 5 nitrogen and oxygen atoms in total. The first-order valence-electron chi connectivity index (χ1n) is 10.7. The zero-order valence-corrected chi connectivity index (χ0v) is 17.8. The summed E-state index contributed by atoms with van der Waals surface area (Å²) in [6.07, 6.45) is 3.64. The number of likely N-dealkylation sites (tertiary alicyclic amines) is 1. The number of nitrogens with zero attached hydrogens (tertiary/aromatic N) is 3. The monoisotopic (exact) mass is 403 g/mol. The van der Waals surface area contributed by atoms with Crippen molar-refractivity contribution in [2.45, 2.75) is 45.8 Å². The molecule has 0 spiro atoms. The highest BCUT2D eigenvalue weighted by Gasteiger charge is 2.24. The standard InChI is InChI=1S/C25H29N3O2/c1-19-10-12-21(13-11-19)16-28(20(2)22-8-4-3-5-9-22)17-24-26-23(18-30-24)25(29)27-14-6-7-15-27/h3-5,8-13,18,20H,6-7,14-17H2,1-2H3/t20-/m1/s1. The summed E-state index contributed by atoms with van der Waals surface area (Å²) in [4.78, 5) is 21.3. The molecule has 2 heterocycles. The number of hydrogen-bond acceptors (Lipinski definition) is 4. The van der Waals surface area contributed by atoms with Gasteiger partial charge in [0.1, 0.15) is 6.26 Å². The van der Waals surface area contributed by atoms with Crippen LogP contribution in [0.5, 0.6) is 0 Å². The van der Waals surface area contributed by atoms with E-state index in [4.69, 9.17) is 4.42 Å². The minimum atomic E-state index is -0.0244. The van der Waals surface area contributed by atoms with Gasteiger partial charge in [0.25, 0.3) is 5.91 Å². The molecule has 0 radical (unpaired) electrons. The maximum absolute atomic E-state index is 12.6. The van der Waals surface area contributed by atoms with Gasteiger partial charge in [-0.25, -0.2) is 4.98 Å². The molecule has 156 valence electrons. The van der Waals surface area contributed by atoms with E-state index >= 15 is 0 Å². The lowest BCUT2D eigenvalue weighted by atomic mass is 10.1. The quantitative estimate of drug-likeness (QED) is 0.558. The van der Waals surface area contributed by atoms with Crippen LogP contribution in [0.3, 0.4) is 0 Å². The SMILES string of the molecule is Cc1ccc(CN(Cc2nc(C(=O)N3CCCC3)co2)[C@H](C)c2ccccc2)cc1. The Morgan fingerprint density at radius 2 is 1.77 bits per heavy atom. The Labute approximate surface area is 178 Å². The minimum Gasteiger partial charge on any atom is -0.447 e. The topological polar surface area (TPSA) is 49.6 Å². The second-order valence-electron chi connectivity index (χ2n) is 8.10. The Kier molecular flexibility index (Phi) is 6.29. The molecule has 1 atom stereocenters. The van der Waals surface area contributed by atoms with Crippen molar-refractivity contribution in [1.29, 1.82) is 0 Å². The third kappa shape index (κ3) is 4.79. The molecule has 1 saturated heterocycles. The van der Waals surface area contributed by atoms with Crippen LogP contribution < -0.4 is 0 Å². The molecule has 1 aliphatic rings. The molecule has 2 aromatic carbocycles. The normalized spacial score (nSPS) is 15.0. The van der Waals surface area contributed by atoms with Crippen molar-refractivity contribution >= 4 is 5.91 Å². The first-order valence-corrected chi connectivity index (χ1v) is 10.7. The third-order valence-corrected chi connectivity index (χ3v) is 5.84. The highest BCUT2D eigenvalue weighted by molar-refractivity contribution is 5.92. The highest BCUT2D eigenvalue weighted by atomic mass is 16.3. The molecule has 1 amide bonds. The van der Waals surface area contributed by atoms with Gasteiger partial charge in [-0.2, -0.15) is 0 Å². The molecule has 5 heteroatoms. The van der Waals surface area contributed by atoms with E-state index in [1.54, 1.807) is 0 Å². The fraction of sp³-hybridized carbons (Fsp3) is 0.360. The van der Waals surface area contributed by atoms with Gasteiger partial charge in [-0.05, 0) is 37.8 Å². The molecule has 3 aromatic rings. The zero-order valence-electron chi connectivity index (χ0n) is 17.8. The molecule has 0 saturated carbocycles. The van der Waals surface area contributed by atoms with E-state index in [0.29, 0.717) is 18.1 Å². The second-order valence-corrected chi connectivity index (χ2v) is 8.10. The van der Waals surface area contributed by atoms with Crippen LogP contribution in [0.2, 0.25) is 0 Å². The van der Waals surface area contributed by atoms with E-state index in [1.165, 1.54) is 23.0 Å². The van der Waals surface area contributed by atoms with E-state index in [9.17, 15) is 4.79 Å². The summed E-state index contributed by atoms with van der Waals surface area (Å²) in [6.45, 7) is 7.23. The van der Waals surface area contributed by atoms with Gasteiger partial charge in [0.2, 0.25) is 5.89 Å². The summed E-state index contributed by atoms with van der Waals surface area (Å²) >= 11 is 0. The highest BCUT2D eigenvalue weighted by Crippen LogP contribution is 2.25. The smallest absolute Gasteiger partial charge is 0.275 e. The second kappa shape index (κ2) is 9.26. The number of oxazole rings is 1. The fourth-order valence-electron chi connectivity index (χ4n) is 3.94. The summed E-state index contributed by atoms with van der Waals surface area (Å²) in [5.41, 5.74) is 4.14. The van der Waals surface area contributed by atoms with E-state index < -0.39 is 0 Å². The first-order chi connectivity index (χ1) is 14.6. The predicted octanol–water partition coefficient (Wildman–Crippen LogP) is 4.98. The molecule has 4 rings (SSSR count). The lowest BCUT2D eigenvalue weighted by molar-refractivity contribution is 0.0787. The Hall–Kier alpha value is -2.92. The molecule has 0 N–H and O–H groups in total. The van der Waals surface area contributed by atoms with Gasteiger partial charge in [-0.3, -0.25) is 9.69 Å². The van der Waals surface area contributed by atoms with E-state index in [0.717, 1.165) is 32.5 Å². The van der Waals surface area contributed by atoms with Crippen LogP contribution in [-0.2, 0) is 13.1 Å². The van der Waals surface area contributed by atoms with Crippen LogP contribution in [0, 0.1) is 6.92 Å². The number of aromatic nitrogens is 1. The Bertz CT molecular complexity index is 960. The van der Waals surface area contributed by atoms with Crippen LogP contribution in [-0.4, -0.2) is 33.8 Å². The summed E-state index contributed by atoms with van der Waals surface area (Å²) < 4.78 is 5.72. The van der Waals surface area contributed by atoms with Gasteiger partial charge in [-0.15, -0.1) is 0 Å². The van der Waals surface area contributed by atoms with Crippen LogP contribution in [0.4, 0.5) is 0 Å². The van der Waals surface area contributed by atoms with Gasteiger partial charge >= 0.3 is 0 Å². The van der Waals surface area contributed by atoms with Crippen molar-refractivity contribution in [3.05, 3.63) is 89.1 Å². The van der Waals surface area contributed by atoms with Gasteiger partial charge in [0, 0.05) is 25.7 Å². The van der Waals surface area contributed by atoms with Crippen LogP contribution in [0.1, 0.15) is 58.9 Å². The molecule has 0 bridgehead atoms. The molecule has 1 aliphatic heterocycles. The number of carbonyl (C=O) groups is 1. The van der Waals surface area contributed by atoms with Crippen molar-refractivity contribution in [2.24, 2.45) is 0 Å². The van der Waals surface area contributed by atoms with E-state index in [1.807, 2.05) is 11.0 Å². The van der Waals surface area contributed by atoms with Crippen molar-refractivity contribution < 1.29 is 9.21 Å². The molecule has 30 heavy (non-hydrogen) atoms. The largest absolute Gasteiger partial charge is 0.447 e. The summed E-state index contributed by atoms with van der Waals surface area (Å²) in [6, 6.07) is 19.2. The maximum Gasteiger partial charge on any atom is 0.275 e. The Balaban J connectivity index is 1.53. The Morgan fingerprint density at radius 3 is 2.47 bits per heavy atom. The molecular formula is C25H29N3O2. The molecule has 0 unspecified atom stereocenters. The number of rotatable bonds is 7. The van der Waals surface area contributed by atoms with Crippen LogP contribution in [0.25, 0.3) is 0 Å². The third-order valence-electron chi connectivity index (χ3n) is 5.84. The average Bonchev–Trinajstić information content (AvgIpc) is 3.47. The summed E-state index contributed by atoms with van der Waals surface area (Å²) in [7, 11) is 0. The van der Waals surface area contributed by atoms with Crippen molar-refractivity contribution in [1.82, 2.24) is 14.8 Å². The molecule has 0 aliphatic carbocycles. The number of aryl methyl sites for hydroxylation is 1. The maximum atomic E-state index is 12.6. The first kappa shape index (κ1) is 20.4. The number of benzene rings is 2. The van der Waals surface area contributed by atoms with Crippen LogP contribution in [0.15, 0.2) is 65.3 Å². The lowest BCUT2D eigenvalue weighted by Crippen LogP contribution is -2.28. The molecule has 1 aromatic heterocycles. The average molecular weight is 404 g/mol. The fourth-order valence-corrected chi connectivity index (χ4v) is 3.94. The lowest BCUT2D eigenvalue weighted by Gasteiger charge is -2.28. The summed E-state index contributed by atoms with van der Waals surface area (Å²) in [5, 5.41) is 0.